The van der Waals surface area contributed by atoms with Crippen LogP contribution in [0.25, 0.3) is 10.9 Å². The molecule has 1 atom stereocenters. The van der Waals surface area contributed by atoms with Crippen LogP contribution >= 0.6 is 0 Å². The van der Waals surface area contributed by atoms with Crippen LogP contribution in [0.2, 0.25) is 0 Å². The summed E-state index contributed by atoms with van der Waals surface area (Å²) in [5, 5.41) is 4.38. The first kappa shape index (κ1) is 25.7. The van der Waals surface area contributed by atoms with Crippen molar-refractivity contribution < 1.29 is 14.3 Å². The van der Waals surface area contributed by atoms with E-state index >= 15 is 0 Å². The number of H-pyrrole nitrogens is 1. The summed E-state index contributed by atoms with van der Waals surface area (Å²) in [4.78, 5) is 35.4. The number of para-hydroxylation sites is 2. The van der Waals surface area contributed by atoms with Crippen LogP contribution in [-0.4, -0.2) is 91.0 Å². The third-order valence-electron chi connectivity index (χ3n) is 6.91. The van der Waals surface area contributed by atoms with E-state index in [0.717, 1.165) is 54.0 Å². The van der Waals surface area contributed by atoms with Crippen molar-refractivity contribution in [3.63, 3.8) is 0 Å². The molecule has 0 aliphatic carbocycles. The van der Waals surface area contributed by atoms with E-state index in [2.05, 4.69) is 33.2 Å². The number of nitrogens with one attached hydrogen (secondary N) is 2. The maximum Gasteiger partial charge on any atom is 0.234 e. The molecule has 1 unspecified atom stereocenters. The molecule has 0 radical (unpaired) electrons. The second kappa shape index (κ2) is 12.1. The van der Waals surface area contributed by atoms with Crippen molar-refractivity contribution >= 4 is 22.7 Å². The Bertz CT molecular complexity index is 1170. The molecule has 0 bridgehead atoms. The minimum atomic E-state index is -0.234. The molecule has 2 aromatic carbocycles. The fraction of sp³-hybridized carbons (Fsp3) is 0.429. The molecule has 1 fully saturated rings. The van der Waals surface area contributed by atoms with Crippen LogP contribution in [0, 0.1) is 0 Å². The standard InChI is InChI=1S/C28H37N5O3/c1-21(34)33(18-22-8-4-7-11-27(22)36-3)19-24(16-23-17-29-26-10-6-5-9-25(23)26)30-28(35)20-32-14-12-31(2)13-15-32/h4-11,17,24,29H,12-16,18-20H2,1-3H3,(H,30,35). The van der Waals surface area contributed by atoms with Crippen molar-refractivity contribution in [2.24, 2.45) is 0 Å². The highest BCUT2D eigenvalue weighted by molar-refractivity contribution is 5.83. The van der Waals surface area contributed by atoms with Gasteiger partial charge in [0.15, 0.2) is 0 Å². The zero-order valence-electron chi connectivity index (χ0n) is 21.5. The highest BCUT2D eigenvalue weighted by Crippen LogP contribution is 2.22. The van der Waals surface area contributed by atoms with Crippen LogP contribution in [0.3, 0.4) is 0 Å². The molecule has 0 saturated carbocycles. The van der Waals surface area contributed by atoms with Gasteiger partial charge in [0.2, 0.25) is 11.8 Å². The Kier molecular flexibility index (Phi) is 8.61. The van der Waals surface area contributed by atoms with Gasteiger partial charge in [0.1, 0.15) is 5.75 Å². The Labute approximate surface area is 213 Å². The number of methoxy groups -OCH3 is 1. The van der Waals surface area contributed by atoms with Gasteiger partial charge in [0, 0.05) is 68.9 Å². The molecule has 192 valence electrons. The number of aromatic amines is 1. The van der Waals surface area contributed by atoms with Gasteiger partial charge in [0.05, 0.1) is 19.7 Å². The Morgan fingerprint density at radius 3 is 2.53 bits per heavy atom. The molecule has 2 N–H and O–H groups in total. The summed E-state index contributed by atoms with van der Waals surface area (Å²) in [7, 11) is 3.74. The lowest BCUT2D eigenvalue weighted by atomic mass is 10.0. The maximum absolute atomic E-state index is 13.1. The highest BCUT2D eigenvalue weighted by Gasteiger charge is 2.23. The Hall–Kier alpha value is -3.36. The number of benzene rings is 2. The quantitative estimate of drug-likeness (QED) is 0.456. The Morgan fingerprint density at radius 2 is 1.78 bits per heavy atom. The van der Waals surface area contributed by atoms with Gasteiger partial charge in [-0.25, -0.2) is 0 Å². The summed E-state index contributed by atoms with van der Waals surface area (Å²) >= 11 is 0. The van der Waals surface area contributed by atoms with Crippen molar-refractivity contribution in [3.8, 4) is 5.75 Å². The van der Waals surface area contributed by atoms with Crippen molar-refractivity contribution in [1.82, 2.24) is 25.0 Å². The molecule has 1 aliphatic rings. The number of fused-ring (bicyclic) bond motifs is 1. The molecule has 3 aromatic rings. The first-order chi connectivity index (χ1) is 17.4. The lowest BCUT2D eigenvalue weighted by Gasteiger charge is -2.33. The maximum atomic E-state index is 13.1. The molecule has 2 heterocycles. The minimum absolute atomic E-state index is 0.00909. The normalized spacial score (nSPS) is 15.5. The topological polar surface area (TPSA) is 80.9 Å². The number of rotatable bonds is 10. The van der Waals surface area contributed by atoms with Crippen LogP contribution in [0.1, 0.15) is 18.1 Å². The van der Waals surface area contributed by atoms with Gasteiger partial charge < -0.3 is 24.8 Å². The van der Waals surface area contributed by atoms with Crippen molar-refractivity contribution in [1.29, 1.82) is 0 Å². The van der Waals surface area contributed by atoms with E-state index in [1.54, 1.807) is 18.9 Å². The third kappa shape index (κ3) is 6.65. The number of aromatic nitrogens is 1. The summed E-state index contributed by atoms with van der Waals surface area (Å²) in [5.41, 5.74) is 3.12. The van der Waals surface area contributed by atoms with Gasteiger partial charge in [-0.05, 0) is 31.2 Å². The number of carbonyl (C=O) groups excluding carboxylic acids is 2. The summed E-state index contributed by atoms with van der Waals surface area (Å²) in [6.07, 6.45) is 2.62. The molecule has 4 rings (SSSR count). The summed E-state index contributed by atoms with van der Waals surface area (Å²) < 4.78 is 5.50. The molecule has 0 spiro atoms. The number of nitrogens with zero attached hydrogens (tertiary/aromatic N) is 3. The zero-order valence-corrected chi connectivity index (χ0v) is 21.5. The van der Waals surface area contributed by atoms with E-state index in [1.807, 2.05) is 48.7 Å². The number of hydrogen-bond acceptors (Lipinski definition) is 5. The smallest absolute Gasteiger partial charge is 0.234 e. The van der Waals surface area contributed by atoms with Gasteiger partial charge in [-0.3, -0.25) is 14.5 Å². The molecular weight excluding hydrogens is 454 g/mol. The number of carbonyl (C=O) groups is 2. The Morgan fingerprint density at radius 1 is 1.06 bits per heavy atom. The van der Waals surface area contributed by atoms with E-state index in [0.29, 0.717) is 26.1 Å². The lowest BCUT2D eigenvalue weighted by Crippen LogP contribution is -2.51. The molecule has 8 heteroatoms. The fourth-order valence-electron chi connectivity index (χ4n) is 4.82. The summed E-state index contributed by atoms with van der Waals surface area (Å²) in [5.74, 6) is 0.694. The average Bonchev–Trinajstić information content (AvgIpc) is 3.28. The van der Waals surface area contributed by atoms with E-state index in [4.69, 9.17) is 4.74 Å². The van der Waals surface area contributed by atoms with E-state index in [9.17, 15) is 9.59 Å². The second-order valence-electron chi connectivity index (χ2n) is 9.62. The number of hydrogen-bond donors (Lipinski definition) is 2. The highest BCUT2D eigenvalue weighted by atomic mass is 16.5. The molecule has 1 aromatic heterocycles. The molecule has 1 saturated heterocycles. The van der Waals surface area contributed by atoms with Crippen LogP contribution in [-0.2, 0) is 22.6 Å². The van der Waals surface area contributed by atoms with Gasteiger partial charge in [-0.1, -0.05) is 36.4 Å². The number of amides is 2. The molecule has 8 nitrogen and oxygen atoms in total. The van der Waals surface area contributed by atoms with Crippen LogP contribution in [0.15, 0.2) is 54.7 Å². The lowest BCUT2D eigenvalue weighted by molar-refractivity contribution is -0.131. The molecule has 36 heavy (non-hydrogen) atoms. The zero-order chi connectivity index (χ0) is 25.5. The van der Waals surface area contributed by atoms with E-state index < -0.39 is 0 Å². The van der Waals surface area contributed by atoms with Crippen LogP contribution < -0.4 is 10.1 Å². The summed E-state index contributed by atoms with van der Waals surface area (Å²) in [6, 6.07) is 15.6. The first-order valence-electron chi connectivity index (χ1n) is 12.6. The van der Waals surface area contributed by atoms with Crippen molar-refractivity contribution in [2.45, 2.75) is 25.9 Å². The van der Waals surface area contributed by atoms with Gasteiger partial charge in [-0.15, -0.1) is 0 Å². The predicted octanol–water partition coefficient (Wildman–Crippen LogP) is 2.50. The fourth-order valence-corrected chi connectivity index (χ4v) is 4.82. The van der Waals surface area contributed by atoms with E-state index in [1.165, 1.54) is 0 Å². The molecule has 2 amide bonds. The average molecular weight is 492 g/mol. The number of ether oxygens (including phenoxy) is 1. The van der Waals surface area contributed by atoms with Gasteiger partial charge >= 0.3 is 0 Å². The number of likely N-dealkylation sites (N-methyl/N-ethyl adjacent to an activating group) is 1. The largest absolute Gasteiger partial charge is 0.496 e. The number of piperazine rings is 1. The summed E-state index contributed by atoms with van der Waals surface area (Å²) in [6.45, 7) is 6.44. The molecule has 1 aliphatic heterocycles. The minimum Gasteiger partial charge on any atom is -0.496 e. The van der Waals surface area contributed by atoms with Gasteiger partial charge in [-0.2, -0.15) is 0 Å². The van der Waals surface area contributed by atoms with E-state index in [-0.39, 0.29) is 17.9 Å². The predicted molar refractivity (Wildman–Crippen MR) is 142 cm³/mol. The van der Waals surface area contributed by atoms with Crippen molar-refractivity contribution in [3.05, 3.63) is 65.9 Å². The van der Waals surface area contributed by atoms with Crippen LogP contribution in [0.4, 0.5) is 0 Å². The van der Waals surface area contributed by atoms with Crippen molar-refractivity contribution in [2.75, 3.05) is 53.4 Å². The SMILES string of the molecule is COc1ccccc1CN(CC(Cc1c[nH]c2ccccc12)NC(=O)CN1CCN(C)CC1)C(C)=O. The second-order valence-corrected chi connectivity index (χ2v) is 9.62. The third-order valence-corrected chi connectivity index (χ3v) is 6.91. The van der Waals surface area contributed by atoms with Crippen LogP contribution in [0.5, 0.6) is 5.75 Å². The Balaban J connectivity index is 1.51. The monoisotopic (exact) mass is 491 g/mol. The van der Waals surface area contributed by atoms with Gasteiger partial charge in [0.25, 0.3) is 0 Å². The first-order valence-corrected chi connectivity index (χ1v) is 12.6. The molecular formula is C28H37N5O3.